The van der Waals surface area contributed by atoms with Crippen molar-refractivity contribution in [3.63, 3.8) is 0 Å². The number of ether oxygens (including phenoxy) is 2. The third-order valence-corrected chi connectivity index (χ3v) is 3.49. The van der Waals surface area contributed by atoms with E-state index < -0.39 is 5.54 Å². The maximum Gasteiger partial charge on any atom is 0.328 e. The van der Waals surface area contributed by atoms with Gasteiger partial charge < -0.3 is 14.8 Å². The van der Waals surface area contributed by atoms with E-state index in [1.165, 1.54) is 26.4 Å². The molecule has 0 aromatic rings. The van der Waals surface area contributed by atoms with Crippen molar-refractivity contribution < 1.29 is 14.3 Å². The van der Waals surface area contributed by atoms with Crippen LogP contribution in [0.2, 0.25) is 0 Å². The maximum absolute atomic E-state index is 11.8. The lowest BCUT2D eigenvalue weighted by Crippen LogP contribution is -2.53. The molecule has 0 bridgehead atoms. The molecular formula is C15H31NO3. The molecule has 0 fully saturated rings. The first-order valence-corrected chi connectivity index (χ1v) is 7.45. The van der Waals surface area contributed by atoms with E-state index in [9.17, 15) is 4.79 Å². The fourth-order valence-electron chi connectivity index (χ4n) is 2.13. The van der Waals surface area contributed by atoms with Crippen molar-refractivity contribution in [3.05, 3.63) is 0 Å². The molecule has 4 nitrogen and oxygen atoms in total. The number of likely N-dealkylation sites (N-methyl/N-ethyl adjacent to an activating group) is 1. The molecule has 0 radical (unpaired) electrons. The second kappa shape index (κ2) is 10.2. The number of hydrogen-bond acceptors (Lipinski definition) is 4. The third-order valence-electron chi connectivity index (χ3n) is 3.49. The lowest BCUT2D eigenvalue weighted by Gasteiger charge is -2.28. The van der Waals surface area contributed by atoms with E-state index >= 15 is 0 Å². The number of esters is 1. The molecule has 1 N–H and O–H groups in total. The summed E-state index contributed by atoms with van der Waals surface area (Å²) in [4.78, 5) is 11.8. The fourth-order valence-corrected chi connectivity index (χ4v) is 2.13. The Kier molecular flexibility index (Phi) is 9.88. The highest BCUT2D eigenvalue weighted by Crippen LogP contribution is 2.14. The molecule has 0 saturated carbocycles. The van der Waals surface area contributed by atoms with Crippen LogP contribution in [0, 0.1) is 5.92 Å². The number of carbonyl (C=O) groups is 1. The largest absolute Gasteiger partial charge is 0.468 e. The lowest BCUT2D eigenvalue weighted by atomic mass is 10.00. The van der Waals surface area contributed by atoms with Crippen molar-refractivity contribution >= 4 is 5.97 Å². The van der Waals surface area contributed by atoms with Crippen molar-refractivity contribution in [2.24, 2.45) is 5.92 Å². The summed E-state index contributed by atoms with van der Waals surface area (Å²) in [7, 11) is 1.41. The summed E-state index contributed by atoms with van der Waals surface area (Å²) in [6.45, 7) is 9.97. The summed E-state index contributed by atoms with van der Waals surface area (Å²) in [6, 6.07) is 0. The summed E-state index contributed by atoms with van der Waals surface area (Å²) in [5.74, 6) is 0.319. The number of unbranched alkanes of at least 4 members (excludes halogenated alkanes) is 1. The molecule has 0 aliphatic heterocycles. The first-order valence-electron chi connectivity index (χ1n) is 7.45. The van der Waals surface area contributed by atoms with Crippen LogP contribution in [-0.4, -0.2) is 38.4 Å². The highest BCUT2D eigenvalue weighted by Gasteiger charge is 2.33. The average Bonchev–Trinajstić information content (AvgIpc) is 2.41. The van der Waals surface area contributed by atoms with Crippen LogP contribution in [0.25, 0.3) is 0 Å². The summed E-state index contributed by atoms with van der Waals surface area (Å²) in [6.07, 6.45) is 4.77. The van der Waals surface area contributed by atoms with E-state index in [1.807, 2.05) is 13.8 Å². The predicted molar refractivity (Wildman–Crippen MR) is 78.2 cm³/mol. The number of carbonyl (C=O) groups excluding carboxylic acids is 1. The number of hydrogen-bond donors (Lipinski definition) is 1. The van der Waals surface area contributed by atoms with Crippen LogP contribution in [-0.2, 0) is 14.3 Å². The topological polar surface area (TPSA) is 47.6 Å². The molecule has 0 aromatic carbocycles. The molecule has 0 heterocycles. The zero-order chi connectivity index (χ0) is 14.7. The molecule has 0 amide bonds. The second-order valence-electron chi connectivity index (χ2n) is 5.29. The molecule has 0 saturated heterocycles. The van der Waals surface area contributed by atoms with Gasteiger partial charge in [-0.3, -0.25) is 0 Å². The van der Waals surface area contributed by atoms with Gasteiger partial charge in [0.1, 0.15) is 5.54 Å². The van der Waals surface area contributed by atoms with Crippen molar-refractivity contribution in [2.45, 2.75) is 58.9 Å². The quantitative estimate of drug-likeness (QED) is 0.588. The molecule has 0 aromatic heterocycles. The van der Waals surface area contributed by atoms with E-state index in [0.717, 1.165) is 6.42 Å². The Balaban J connectivity index is 4.20. The van der Waals surface area contributed by atoms with E-state index in [1.54, 1.807) is 0 Å². The Hall–Kier alpha value is -0.610. The van der Waals surface area contributed by atoms with Crippen LogP contribution in [0.3, 0.4) is 0 Å². The molecule has 0 aliphatic carbocycles. The van der Waals surface area contributed by atoms with Crippen molar-refractivity contribution in [2.75, 3.05) is 26.9 Å². The molecule has 0 rings (SSSR count). The highest BCUT2D eigenvalue weighted by molar-refractivity contribution is 5.80. The fraction of sp³-hybridized carbons (Fsp3) is 0.933. The first-order chi connectivity index (χ1) is 9.03. The predicted octanol–water partition coefficient (Wildman–Crippen LogP) is 2.76. The number of rotatable bonds is 11. The van der Waals surface area contributed by atoms with Gasteiger partial charge in [-0.15, -0.1) is 0 Å². The van der Waals surface area contributed by atoms with E-state index in [0.29, 0.717) is 25.7 Å². The van der Waals surface area contributed by atoms with Gasteiger partial charge >= 0.3 is 5.97 Å². The second-order valence-corrected chi connectivity index (χ2v) is 5.29. The van der Waals surface area contributed by atoms with Crippen molar-refractivity contribution in [1.29, 1.82) is 0 Å². The zero-order valence-corrected chi connectivity index (χ0v) is 13.3. The van der Waals surface area contributed by atoms with E-state index in [2.05, 4.69) is 19.2 Å². The minimum Gasteiger partial charge on any atom is -0.468 e. The van der Waals surface area contributed by atoms with Gasteiger partial charge in [0.25, 0.3) is 0 Å². The first kappa shape index (κ1) is 18.4. The van der Waals surface area contributed by atoms with Gasteiger partial charge in [0, 0.05) is 6.61 Å². The summed E-state index contributed by atoms with van der Waals surface area (Å²) in [5, 5.41) is 3.15. The van der Waals surface area contributed by atoms with Gasteiger partial charge in [-0.2, -0.15) is 0 Å². The van der Waals surface area contributed by atoms with Gasteiger partial charge in [0.05, 0.1) is 13.7 Å². The normalized spacial score (nSPS) is 15.8. The lowest BCUT2D eigenvalue weighted by molar-refractivity contribution is -0.150. The Morgan fingerprint density at radius 3 is 2.47 bits per heavy atom. The van der Waals surface area contributed by atoms with Gasteiger partial charge in [-0.25, -0.2) is 4.79 Å². The van der Waals surface area contributed by atoms with Crippen LogP contribution in [0.15, 0.2) is 0 Å². The molecule has 4 heteroatoms. The van der Waals surface area contributed by atoms with Crippen LogP contribution in [0.4, 0.5) is 0 Å². The van der Waals surface area contributed by atoms with Crippen molar-refractivity contribution in [1.82, 2.24) is 5.32 Å². The summed E-state index contributed by atoms with van der Waals surface area (Å²) >= 11 is 0. The van der Waals surface area contributed by atoms with Crippen molar-refractivity contribution in [3.8, 4) is 0 Å². The minimum atomic E-state index is -0.744. The minimum absolute atomic E-state index is 0.268. The van der Waals surface area contributed by atoms with Crippen LogP contribution in [0.1, 0.15) is 53.4 Å². The van der Waals surface area contributed by atoms with Crippen LogP contribution in [0.5, 0.6) is 0 Å². The molecule has 2 unspecified atom stereocenters. The third kappa shape index (κ3) is 6.92. The molecule has 19 heavy (non-hydrogen) atoms. The number of methoxy groups -OCH3 is 1. The number of nitrogens with one attached hydrogen (secondary N) is 1. The molecular weight excluding hydrogens is 242 g/mol. The smallest absolute Gasteiger partial charge is 0.328 e. The van der Waals surface area contributed by atoms with Gasteiger partial charge in [0.15, 0.2) is 0 Å². The standard InChI is InChI=1S/C15H31NO3/c1-6-9-10-13(7-2)11-19-12-15(4,16-8-3)14(17)18-5/h13,16H,6-12H2,1-5H3. The monoisotopic (exact) mass is 273 g/mol. The zero-order valence-electron chi connectivity index (χ0n) is 13.3. The molecule has 2 atom stereocenters. The van der Waals surface area contributed by atoms with Gasteiger partial charge in [0.2, 0.25) is 0 Å². The van der Waals surface area contributed by atoms with E-state index in [4.69, 9.17) is 9.47 Å². The average molecular weight is 273 g/mol. The van der Waals surface area contributed by atoms with Gasteiger partial charge in [-0.05, 0) is 25.8 Å². The van der Waals surface area contributed by atoms with E-state index in [-0.39, 0.29) is 5.97 Å². The van der Waals surface area contributed by atoms with Crippen LogP contribution < -0.4 is 5.32 Å². The van der Waals surface area contributed by atoms with Gasteiger partial charge in [-0.1, -0.05) is 40.0 Å². The Bertz CT molecular complexity index is 246. The summed E-state index contributed by atoms with van der Waals surface area (Å²) in [5.41, 5.74) is -0.744. The highest BCUT2D eigenvalue weighted by atomic mass is 16.5. The summed E-state index contributed by atoms with van der Waals surface area (Å²) < 4.78 is 10.6. The molecule has 0 aliphatic rings. The Morgan fingerprint density at radius 1 is 1.32 bits per heavy atom. The molecule has 0 spiro atoms. The Morgan fingerprint density at radius 2 is 2.00 bits per heavy atom. The van der Waals surface area contributed by atoms with Crippen LogP contribution >= 0.6 is 0 Å². The molecule has 114 valence electrons. The maximum atomic E-state index is 11.8. The SMILES string of the molecule is CCCCC(CC)COCC(C)(NCC)C(=O)OC. The Labute approximate surface area is 118 Å².